The number of halogens is 1. The Labute approximate surface area is 134 Å². The molecule has 0 saturated carbocycles. The van der Waals surface area contributed by atoms with Crippen LogP contribution in [0.3, 0.4) is 0 Å². The Kier molecular flexibility index (Phi) is 4.45. The summed E-state index contributed by atoms with van der Waals surface area (Å²) in [6, 6.07) is 8.41. The van der Waals surface area contributed by atoms with Crippen molar-refractivity contribution in [3.8, 4) is 0 Å². The lowest BCUT2D eigenvalue weighted by molar-refractivity contribution is 0.736. The van der Waals surface area contributed by atoms with Crippen molar-refractivity contribution in [2.45, 2.75) is 17.4 Å². The zero-order chi connectivity index (χ0) is 13.9. The zero-order valence-corrected chi connectivity index (χ0v) is 13.9. The van der Waals surface area contributed by atoms with E-state index in [2.05, 4.69) is 39.2 Å². The van der Waals surface area contributed by atoms with Crippen molar-refractivity contribution in [1.29, 1.82) is 0 Å². The first-order valence-electron chi connectivity index (χ1n) is 6.26. The van der Waals surface area contributed by atoms with Gasteiger partial charge in [-0.25, -0.2) is 4.98 Å². The number of nitrogens with two attached hydrogens (primary N) is 1. The molecular formula is C14H14BrN3S2. The van der Waals surface area contributed by atoms with E-state index in [4.69, 9.17) is 5.73 Å². The molecule has 0 aliphatic heterocycles. The minimum absolute atomic E-state index is 0.114. The number of fused-ring (bicyclic) bond motifs is 1. The number of hydrogen-bond donors (Lipinski definition) is 1. The first-order valence-corrected chi connectivity index (χ1v) is 8.91. The van der Waals surface area contributed by atoms with Crippen LogP contribution in [0.4, 0.5) is 0 Å². The molecule has 1 atom stereocenters. The summed E-state index contributed by atoms with van der Waals surface area (Å²) in [5.41, 5.74) is 7.27. The van der Waals surface area contributed by atoms with Gasteiger partial charge in [-0.05, 0) is 18.2 Å². The molecule has 2 aromatic heterocycles. The zero-order valence-electron chi connectivity index (χ0n) is 10.7. The average molecular weight is 368 g/mol. The summed E-state index contributed by atoms with van der Waals surface area (Å²) in [6.45, 7) is 0. The number of benzene rings is 1. The number of imidazole rings is 1. The molecule has 1 unspecified atom stereocenters. The summed E-state index contributed by atoms with van der Waals surface area (Å²) >= 11 is 6.91. The Morgan fingerprint density at radius 2 is 2.35 bits per heavy atom. The number of thioether (sulfide) groups is 1. The lowest BCUT2D eigenvalue weighted by atomic mass is 10.2. The molecule has 2 heterocycles. The van der Waals surface area contributed by atoms with E-state index in [-0.39, 0.29) is 6.04 Å². The van der Waals surface area contributed by atoms with Gasteiger partial charge in [0.2, 0.25) is 0 Å². The smallest absolute Gasteiger partial charge is 0.193 e. The van der Waals surface area contributed by atoms with Crippen LogP contribution in [0.1, 0.15) is 5.69 Å². The van der Waals surface area contributed by atoms with E-state index in [1.165, 1.54) is 4.90 Å². The SMILES string of the molecule is NC(CSc1cccc(Br)c1)Cc1cn2ccsc2n1. The molecule has 0 aliphatic rings. The number of aromatic nitrogens is 2. The Balaban J connectivity index is 1.57. The molecule has 1 aromatic carbocycles. The van der Waals surface area contributed by atoms with Gasteiger partial charge in [-0.1, -0.05) is 22.0 Å². The Hall–Kier alpha value is -0.820. The summed E-state index contributed by atoms with van der Waals surface area (Å²) in [5, 5.41) is 2.04. The summed E-state index contributed by atoms with van der Waals surface area (Å²) < 4.78 is 3.15. The van der Waals surface area contributed by atoms with E-state index in [0.717, 1.165) is 27.3 Å². The van der Waals surface area contributed by atoms with Crippen molar-refractivity contribution in [3.63, 3.8) is 0 Å². The van der Waals surface area contributed by atoms with E-state index >= 15 is 0 Å². The van der Waals surface area contributed by atoms with Crippen LogP contribution in [0.15, 0.2) is 51.4 Å². The van der Waals surface area contributed by atoms with Crippen molar-refractivity contribution in [3.05, 3.63) is 52.2 Å². The standard InChI is InChI=1S/C14H14BrN3S2/c15-10-2-1-3-13(6-10)20-9-11(16)7-12-8-18-4-5-19-14(18)17-12/h1-6,8,11H,7,9,16H2. The molecule has 6 heteroatoms. The molecule has 3 rings (SSSR count). The molecule has 0 saturated heterocycles. The van der Waals surface area contributed by atoms with Crippen LogP contribution in [0.2, 0.25) is 0 Å². The van der Waals surface area contributed by atoms with Crippen molar-refractivity contribution in [1.82, 2.24) is 9.38 Å². The molecular weight excluding hydrogens is 354 g/mol. The van der Waals surface area contributed by atoms with Gasteiger partial charge in [-0.15, -0.1) is 23.1 Å². The molecule has 20 heavy (non-hydrogen) atoms. The third-order valence-corrected chi connectivity index (χ3v) is 5.32. The van der Waals surface area contributed by atoms with Gasteiger partial charge in [-0.3, -0.25) is 4.40 Å². The molecule has 0 fully saturated rings. The number of rotatable bonds is 5. The molecule has 3 aromatic rings. The van der Waals surface area contributed by atoms with Crippen molar-refractivity contribution in [2.24, 2.45) is 5.73 Å². The maximum Gasteiger partial charge on any atom is 0.193 e. The quantitative estimate of drug-likeness (QED) is 0.697. The predicted molar refractivity (Wildman–Crippen MR) is 89.6 cm³/mol. The van der Waals surface area contributed by atoms with Crippen LogP contribution in [-0.2, 0) is 6.42 Å². The van der Waals surface area contributed by atoms with E-state index in [1.54, 1.807) is 23.1 Å². The van der Waals surface area contributed by atoms with Gasteiger partial charge in [0.05, 0.1) is 5.69 Å². The second kappa shape index (κ2) is 6.30. The van der Waals surface area contributed by atoms with Crippen LogP contribution in [0.25, 0.3) is 4.96 Å². The maximum atomic E-state index is 6.20. The first-order chi connectivity index (χ1) is 9.70. The summed E-state index contributed by atoms with van der Waals surface area (Å²) in [4.78, 5) is 6.84. The number of nitrogens with zero attached hydrogens (tertiary/aromatic N) is 2. The van der Waals surface area contributed by atoms with Gasteiger partial charge in [0, 0.05) is 45.4 Å². The molecule has 2 N–H and O–H groups in total. The summed E-state index contributed by atoms with van der Waals surface area (Å²) in [6.07, 6.45) is 4.91. The van der Waals surface area contributed by atoms with Gasteiger partial charge in [0.1, 0.15) is 0 Å². The summed E-state index contributed by atoms with van der Waals surface area (Å²) in [7, 11) is 0. The minimum atomic E-state index is 0.114. The Morgan fingerprint density at radius 1 is 1.45 bits per heavy atom. The molecule has 0 spiro atoms. The van der Waals surface area contributed by atoms with Crippen LogP contribution in [0, 0.1) is 0 Å². The molecule has 0 bridgehead atoms. The fourth-order valence-electron chi connectivity index (χ4n) is 1.96. The highest BCUT2D eigenvalue weighted by Gasteiger charge is 2.09. The second-order valence-corrected chi connectivity index (χ2v) is 7.44. The Bertz CT molecular complexity index is 679. The third kappa shape index (κ3) is 3.44. The Morgan fingerprint density at radius 3 is 3.15 bits per heavy atom. The minimum Gasteiger partial charge on any atom is -0.327 e. The monoisotopic (exact) mass is 367 g/mol. The predicted octanol–water partition coefficient (Wildman–Crippen LogP) is 3.82. The van der Waals surface area contributed by atoms with Gasteiger partial charge < -0.3 is 5.73 Å². The highest BCUT2D eigenvalue weighted by Crippen LogP contribution is 2.23. The van der Waals surface area contributed by atoms with Crippen LogP contribution in [-0.4, -0.2) is 21.2 Å². The third-order valence-electron chi connectivity index (χ3n) is 2.87. The van der Waals surface area contributed by atoms with Crippen LogP contribution >= 0.6 is 39.0 Å². The summed E-state index contributed by atoms with van der Waals surface area (Å²) in [5.74, 6) is 0.891. The normalized spacial score (nSPS) is 12.9. The van der Waals surface area contributed by atoms with Gasteiger partial charge in [-0.2, -0.15) is 0 Å². The van der Waals surface area contributed by atoms with Crippen molar-refractivity contribution in [2.75, 3.05) is 5.75 Å². The highest BCUT2D eigenvalue weighted by molar-refractivity contribution is 9.10. The van der Waals surface area contributed by atoms with Gasteiger partial charge >= 0.3 is 0 Å². The average Bonchev–Trinajstić information content (AvgIpc) is 2.97. The number of hydrogen-bond acceptors (Lipinski definition) is 4. The van der Waals surface area contributed by atoms with Crippen molar-refractivity contribution < 1.29 is 0 Å². The van der Waals surface area contributed by atoms with Crippen LogP contribution < -0.4 is 5.73 Å². The highest BCUT2D eigenvalue weighted by atomic mass is 79.9. The molecule has 0 radical (unpaired) electrons. The largest absolute Gasteiger partial charge is 0.327 e. The molecule has 0 aliphatic carbocycles. The molecule has 3 nitrogen and oxygen atoms in total. The second-order valence-electron chi connectivity index (χ2n) is 4.56. The van der Waals surface area contributed by atoms with E-state index in [0.29, 0.717) is 0 Å². The lowest BCUT2D eigenvalue weighted by Crippen LogP contribution is -2.25. The molecule has 104 valence electrons. The lowest BCUT2D eigenvalue weighted by Gasteiger charge is -2.09. The van der Waals surface area contributed by atoms with Gasteiger partial charge in [0.15, 0.2) is 4.96 Å². The van der Waals surface area contributed by atoms with Crippen LogP contribution in [0.5, 0.6) is 0 Å². The van der Waals surface area contributed by atoms with E-state index in [1.807, 2.05) is 28.1 Å². The number of thiazole rings is 1. The molecule has 0 amide bonds. The van der Waals surface area contributed by atoms with E-state index in [9.17, 15) is 0 Å². The topological polar surface area (TPSA) is 43.3 Å². The van der Waals surface area contributed by atoms with Crippen molar-refractivity contribution >= 4 is 44.0 Å². The van der Waals surface area contributed by atoms with Gasteiger partial charge in [0.25, 0.3) is 0 Å². The van der Waals surface area contributed by atoms with E-state index < -0.39 is 0 Å². The first kappa shape index (κ1) is 14.1. The fraction of sp³-hybridized carbons (Fsp3) is 0.214. The maximum absolute atomic E-state index is 6.20. The fourth-order valence-corrected chi connectivity index (χ4v) is 4.14.